The summed E-state index contributed by atoms with van der Waals surface area (Å²) in [5, 5.41) is 7.05. The Bertz CT molecular complexity index is 1560. The lowest BCUT2D eigenvalue weighted by Crippen LogP contribution is -2.32. The van der Waals surface area contributed by atoms with Gasteiger partial charge in [-0.05, 0) is 67.8 Å². The Labute approximate surface area is 227 Å². The largest absolute Gasteiger partial charge is 0.457 e. The standard InChI is InChI=1S/C31H31N5O3/c1-31(2,3)39-30(37)36-19-22-9-11-24(12-10-22)38-26-14-16-33-29-28(26)25(20-35-29)23-13-15-32-27(17-23)34-18-21-7-5-4-6-8-21/h4-17,20H,18-19H2,1-3H3,(H,32,34)(H,33,35)(H,36,37). The molecule has 3 N–H and O–H groups in total. The molecule has 0 atom stereocenters. The fraction of sp³-hybridized carbons (Fsp3) is 0.194. The SMILES string of the molecule is CC(C)(C)OC(=O)NCc1ccc(Oc2ccnc3[nH]cc(-c4ccnc(NCc5ccccc5)c4)c23)cc1. The normalized spacial score (nSPS) is 11.3. The summed E-state index contributed by atoms with van der Waals surface area (Å²) >= 11 is 0. The van der Waals surface area contributed by atoms with Crippen molar-refractivity contribution in [2.75, 3.05) is 5.32 Å². The minimum atomic E-state index is -0.536. The van der Waals surface area contributed by atoms with Crippen molar-refractivity contribution in [3.8, 4) is 22.6 Å². The van der Waals surface area contributed by atoms with Crippen LogP contribution < -0.4 is 15.4 Å². The first-order valence-corrected chi connectivity index (χ1v) is 12.8. The molecule has 0 aliphatic heterocycles. The Morgan fingerprint density at radius 3 is 2.41 bits per heavy atom. The second-order valence-corrected chi connectivity index (χ2v) is 10.1. The summed E-state index contributed by atoms with van der Waals surface area (Å²) in [5.41, 5.74) is 4.28. The van der Waals surface area contributed by atoms with E-state index in [1.54, 1.807) is 12.4 Å². The third-order valence-electron chi connectivity index (χ3n) is 5.91. The molecule has 39 heavy (non-hydrogen) atoms. The summed E-state index contributed by atoms with van der Waals surface area (Å²) in [4.78, 5) is 24.2. The number of amides is 1. The average molecular weight is 522 g/mol. The topological polar surface area (TPSA) is 101 Å². The van der Waals surface area contributed by atoms with Crippen LogP contribution in [-0.2, 0) is 17.8 Å². The lowest BCUT2D eigenvalue weighted by molar-refractivity contribution is 0.0523. The fourth-order valence-electron chi connectivity index (χ4n) is 4.11. The molecule has 0 aliphatic rings. The zero-order valence-electron chi connectivity index (χ0n) is 22.2. The molecule has 1 amide bonds. The Morgan fingerprint density at radius 1 is 0.897 bits per heavy atom. The zero-order chi connectivity index (χ0) is 27.2. The van der Waals surface area contributed by atoms with E-state index in [1.165, 1.54) is 5.56 Å². The minimum Gasteiger partial charge on any atom is -0.457 e. The van der Waals surface area contributed by atoms with Crippen molar-refractivity contribution in [3.05, 3.63) is 103 Å². The maximum Gasteiger partial charge on any atom is 0.407 e. The van der Waals surface area contributed by atoms with Gasteiger partial charge in [-0.1, -0.05) is 42.5 Å². The fourth-order valence-corrected chi connectivity index (χ4v) is 4.11. The van der Waals surface area contributed by atoms with Gasteiger partial charge >= 0.3 is 6.09 Å². The van der Waals surface area contributed by atoms with Crippen molar-refractivity contribution in [2.24, 2.45) is 0 Å². The van der Waals surface area contributed by atoms with Gasteiger partial charge in [-0.3, -0.25) is 0 Å². The van der Waals surface area contributed by atoms with Crippen LogP contribution >= 0.6 is 0 Å². The molecule has 3 heterocycles. The second kappa shape index (κ2) is 11.3. The lowest BCUT2D eigenvalue weighted by atomic mass is 10.1. The van der Waals surface area contributed by atoms with Crippen LogP contribution in [0.25, 0.3) is 22.2 Å². The van der Waals surface area contributed by atoms with Crippen molar-refractivity contribution in [1.82, 2.24) is 20.3 Å². The molecule has 5 rings (SSSR count). The summed E-state index contributed by atoms with van der Waals surface area (Å²) in [5.74, 6) is 2.15. The third kappa shape index (κ3) is 6.73. The number of carbonyl (C=O) groups excluding carboxylic acids is 1. The van der Waals surface area contributed by atoms with Crippen molar-refractivity contribution in [2.45, 2.75) is 39.5 Å². The van der Waals surface area contributed by atoms with Crippen molar-refractivity contribution >= 4 is 22.9 Å². The van der Waals surface area contributed by atoms with Gasteiger partial charge in [-0.15, -0.1) is 0 Å². The molecule has 0 unspecified atom stereocenters. The number of H-pyrrole nitrogens is 1. The number of nitrogens with zero attached hydrogens (tertiary/aromatic N) is 2. The van der Waals surface area contributed by atoms with Crippen LogP contribution in [0.2, 0.25) is 0 Å². The van der Waals surface area contributed by atoms with E-state index >= 15 is 0 Å². The molecular weight excluding hydrogens is 490 g/mol. The van der Waals surface area contributed by atoms with Gasteiger partial charge in [0.2, 0.25) is 0 Å². The number of nitrogens with one attached hydrogen (secondary N) is 3. The smallest absolute Gasteiger partial charge is 0.407 e. The molecule has 0 bridgehead atoms. The molecule has 0 fully saturated rings. The van der Waals surface area contributed by atoms with Crippen LogP contribution in [0.15, 0.2) is 91.4 Å². The maximum absolute atomic E-state index is 11.9. The van der Waals surface area contributed by atoms with Gasteiger partial charge in [0.15, 0.2) is 0 Å². The number of anilines is 1. The molecule has 0 saturated heterocycles. The summed E-state index contributed by atoms with van der Waals surface area (Å²) in [6.07, 6.45) is 5.00. The highest BCUT2D eigenvalue weighted by molar-refractivity contribution is 5.98. The first-order chi connectivity index (χ1) is 18.8. The number of rotatable bonds is 8. The van der Waals surface area contributed by atoms with E-state index < -0.39 is 11.7 Å². The molecule has 5 aromatic rings. The molecule has 0 radical (unpaired) electrons. The minimum absolute atomic E-state index is 0.360. The number of benzene rings is 2. The zero-order valence-corrected chi connectivity index (χ0v) is 22.2. The van der Waals surface area contributed by atoms with Crippen molar-refractivity contribution < 1.29 is 14.3 Å². The number of pyridine rings is 2. The quantitative estimate of drug-likeness (QED) is 0.202. The van der Waals surface area contributed by atoms with Crippen LogP contribution in [0.1, 0.15) is 31.9 Å². The maximum atomic E-state index is 11.9. The van der Waals surface area contributed by atoms with E-state index in [1.807, 2.05) is 87.6 Å². The number of hydrogen-bond acceptors (Lipinski definition) is 6. The number of aromatic nitrogens is 3. The number of carbonyl (C=O) groups is 1. The van der Waals surface area contributed by atoms with Gasteiger partial charge in [0, 0.05) is 37.2 Å². The molecule has 198 valence electrons. The van der Waals surface area contributed by atoms with E-state index in [2.05, 4.69) is 37.7 Å². The molecule has 3 aromatic heterocycles. The van der Waals surface area contributed by atoms with Gasteiger partial charge in [0.25, 0.3) is 0 Å². The Morgan fingerprint density at radius 2 is 1.64 bits per heavy atom. The van der Waals surface area contributed by atoms with Crippen molar-refractivity contribution in [3.63, 3.8) is 0 Å². The number of hydrogen-bond donors (Lipinski definition) is 3. The Hall–Kier alpha value is -4.85. The highest BCUT2D eigenvalue weighted by Crippen LogP contribution is 2.37. The van der Waals surface area contributed by atoms with E-state index in [0.717, 1.165) is 33.5 Å². The Kier molecular flexibility index (Phi) is 7.45. The van der Waals surface area contributed by atoms with E-state index in [0.29, 0.717) is 24.6 Å². The second-order valence-electron chi connectivity index (χ2n) is 10.1. The van der Waals surface area contributed by atoms with Gasteiger partial charge in [0.1, 0.15) is 28.6 Å². The summed E-state index contributed by atoms with van der Waals surface area (Å²) < 4.78 is 11.6. The molecule has 2 aromatic carbocycles. The predicted octanol–water partition coefficient (Wildman–Crippen LogP) is 7.05. The number of fused-ring (bicyclic) bond motifs is 1. The van der Waals surface area contributed by atoms with Gasteiger partial charge in [-0.25, -0.2) is 14.8 Å². The Balaban J connectivity index is 1.31. The third-order valence-corrected chi connectivity index (χ3v) is 5.91. The van der Waals surface area contributed by atoms with Gasteiger partial charge in [0.05, 0.1) is 5.39 Å². The van der Waals surface area contributed by atoms with Gasteiger partial charge < -0.3 is 25.1 Å². The van der Waals surface area contributed by atoms with Crippen LogP contribution in [0.3, 0.4) is 0 Å². The number of alkyl carbamates (subject to hydrolysis) is 1. The highest BCUT2D eigenvalue weighted by Gasteiger charge is 2.16. The number of aromatic amines is 1. The lowest BCUT2D eigenvalue weighted by Gasteiger charge is -2.19. The van der Waals surface area contributed by atoms with Crippen LogP contribution in [-0.4, -0.2) is 26.6 Å². The van der Waals surface area contributed by atoms with Gasteiger partial charge in [-0.2, -0.15) is 0 Å². The first-order valence-electron chi connectivity index (χ1n) is 12.8. The molecule has 0 saturated carbocycles. The molecular formula is C31H31N5O3. The van der Waals surface area contributed by atoms with Crippen molar-refractivity contribution in [1.29, 1.82) is 0 Å². The molecule has 0 spiro atoms. The summed E-state index contributed by atoms with van der Waals surface area (Å²) in [7, 11) is 0. The van der Waals surface area contributed by atoms with E-state index in [-0.39, 0.29) is 0 Å². The predicted molar refractivity (Wildman–Crippen MR) is 153 cm³/mol. The average Bonchev–Trinajstić information content (AvgIpc) is 3.37. The van der Waals surface area contributed by atoms with E-state index in [9.17, 15) is 4.79 Å². The van der Waals surface area contributed by atoms with Crippen LogP contribution in [0, 0.1) is 0 Å². The summed E-state index contributed by atoms with van der Waals surface area (Å²) in [6, 6.07) is 23.6. The van der Waals surface area contributed by atoms with Crippen LogP contribution in [0.5, 0.6) is 11.5 Å². The van der Waals surface area contributed by atoms with E-state index in [4.69, 9.17) is 9.47 Å². The molecule has 0 aliphatic carbocycles. The van der Waals surface area contributed by atoms with Crippen LogP contribution in [0.4, 0.5) is 10.6 Å². The highest BCUT2D eigenvalue weighted by atomic mass is 16.6. The monoisotopic (exact) mass is 521 g/mol. The first kappa shape index (κ1) is 25.8. The molecule has 8 nitrogen and oxygen atoms in total. The summed E-state index contributed by atoms with van der Waals surface area (Å²) in [6.45, 7) is 6.55. The molecule has 8 heteroatoms. The number of ether oxygens (including phenoxy) is 2.